The Labute approximate surface area is 120 Å². The van der Waals surface area contributed by atoms with Crippen molar-refractivity contribution in [3.63, 3.8) is 0 Å². The number of carboxylic acid groups (broad SMARTS) is 1. The second-order valence-electron chi connectivity index (χ2n) is 4.72. The molecule has 0 amide bonds. The zero-order valence-electron chi connectivity index (χ0n) is 10.9. The van der Waals surface area contributed by atoms with Gasteiger partial charge in [-0.05, 0) is 30.7 Å². The average Bonchev–Trinajstić information content (AvgIpc) is 3.17. The number of thiophene rings is 1. The highest BCUT2D eigenvalue weighted by Crippen LogP contribution is 2.27. The smallest absolute Gasteiger partial charge is 0.358 e. The van der Waals surface area contributed by atoms with E-state index in [-0.39, 0.29) is 11.8 Å². The van der Waals surface area contributed by atoms with Crippen LogP contribution in [0, 0.1) is 0 Å². The third-order valence-electron chi connectivity index (χ3n) is 3.38. The van der Waals surface area contributed by atoms with Crippen LogP contribution in [0.1, 0.15) is 29.8 Å². The predicted molar refractivity (Wildman–Crippen MR) is 73.9 cm³/mol. The summed E-state index contributed by atoms with van der Waals surface area (Å²) in [5.41, 5.74) is 0.602. The van der Waals surface area contributed by atoms with Crippen LogP contribution in [0.3, 0.4) is 0 Å². The van der Waals surface area contributed by atoms with Crippen LogP contribution in [0.15, 0.2) is 17.5 Å². The highest BCUT2D eigenvalue weighted by Gasteiger charge is 2.22. The summed E-state index contributed by atoms with van der Waals surface area (Å²) < 4.78 is 7.26. The van der Waals surface area contributed by atoms with Crippen LogP contribution < -0.4 is 0 Å². The van der Waals surface area contributed by atoms with Crippen molar-refractivity contribution in [1.29, 1.82) is 0 Å². The molecule has 0 spiro atoms. The Morgan fingerprint density at radius 2 is 2.50 bits per heavy atom. The average molecular weight is 293 g/mol. The molecule has 0 bridgehead atoms. The molecule has 1 unspecified atom stereocenters. The van der Waals surface area contributed by atoms with Gasteiger partial charge in [0.25, 0.3) is 0 Å². The molecule has 0 radical (unpaired) electrons. The molecule has 20 heavy (non-hydrogen) atoms. The lowest BCUT2D eigenvalue weighted by Gasteiger charge is -2.10. The lowest BCUT2D eigenvalue weighted by molar-refractivity contribution is 0.0691. The zero-order chi connectivity index (χ0) is 13.9. The van der Waals surface area contributed by atoms with Gasteiger partial charge in [0, 0.05) is 13.2 Å². The Bertz CT molecular complexity index is 588. The second kappa shape index (κ2) is 5.72. The summed E-state index contributed by atoms with van der Waals surface area (Å²) >= 11 is 1.49. The number of aromatic nitrogens is 3. The van der Waals surface area contributed by atoms with E-state index < -0.39 is 5.97 Å². The Morgan fingerprint density at radius 1 is 1.60 bits per heavy atom. The summed E-state index contributed by atoms with van der Waals surface area (Å²) in [7, 11) is 0. The topological polar surface area (TPSA) is 77.2 Å². The fourth-order valence-electron chi connectivity index (χ4n) is 2.41. The van der Waals surface area contributed by atoms with Gasteiger partial charge in [-0.1, -0.05) is 11.3 Å². The Balaban J connectivity index is 1.84. The molecule has 2 aromatic heterocycles. The third-order valence-corrected chi connectivity index (χ3v) is 4.26. The molecule has 0 aliphatic carbocycles. The SMILES string of the molecule is O=C(O)c1nnn(CCC2CCCO2)c1-c1cccs1. The maximum absolute atomic E-state index is 11.3. The van der Waals surface area contributed by atoms with E-state index in [1.54, 1.807) is 4.68 Å². The zero-order valence-corrected chi connectivity index (χ0v) is 11.7. The molecule has 6 nitrogen and oxygen atoms in total. The normalized spacial score (nSPS) is 18.5. The molecular weight excluding hydrogens is 278 g/mol. The number of hydrogen-bond acceptors (Lipinski definition) is 5. The quantitative estimate of drug-likeness (QED) is 0.915. The summed E-state index contributed by atoms with van der Waals surface area (Å²) in [6, 6.07) is 3.78. The van der Waals surface area contributed by atoms with Gasteiger partial charge in [0.15, 0.2) is 5.69 Å². The third kappa shape index (κ3) is 2.59. The number of nitrogens with zero attached hydrogens (tertiary/aromatic N) is 3. The van der Waals surface area contributed by atoms with E-state index >= 15 is 0 Å². The van der Waals surface area contributed by atoms with E-state index in [1.165, 1.54) is 11.3 Å². The van der Waals surface area contributed by atoms with Crippen molar-refractivity contribution >= 4 is 17.3 Å². The minimum atomic E-state index is -1.04. The first kappa shape index (κ1) is 13.3. The molecule has 1 saturated heterocycles. The molecule has 1 aliphatic heterocycles. The summed E-state index contributed by atoms with van der Waals surface area (Å²) in [4.78, 5) is 12.1. The Morgan fingerprint density at radius 3 is 3.15 bits per heavy atom. The summed E-state index contributed by atoms with van der Waals surface area (Å²) in [6.07, 6.45) is 3.25. The minimum absolute atomic E-state index is 0.0137. The van der Waals surface area contributed by atoms with Crippen molar-refractivity contribution < 1.29 is 14.6 Å². The number of rotatable bonds is 5. The Kier molecular flexibility index (Phi) is 3.79. The van der Waals surface area contributed by atoms with Crippen molar-refractivity contribution in [3.8, 4) is 10.6 Å². The fourth-order valence-corrected chi connectivity index (χ4v) is 3.18. The molecule has 1 aliphatic rings. The van der Waals surface area contributed by atoms with Crippen LogP contribution in [-0.2, 0) is 11.3 Å². The van der Waals surface area contributed by atoms with Gasteiger partial charge in [0.2, 0.25) is 0 Å². The van der Waals surface area contributed by atoms with Crippen LogP contribution in [0.25, 0.3) is 10.6 Å². The standard InChI is InChI=1S/C13H15N3O3S/c17-13(18)11-12(10-4-2-8-20-10)16(15-14-11)6-5-9-3-1-7-19-9/h2,4,8-9H,1,3,5-7H2,(H,17,18). The van der Waals surface area contributed by atoms with Gasteiger partial charge < -0.3 is 9.84 Å². The van der Waals surface area contributed by atoms with Crippen LogP contribution in [-0.4, -0.2) is 38.8 Å². The van der Waals surface area contributed by atoms with Crippen LogP contribution in [0.4, 0.5) is 0 Å². The Hall–Kier alpha value is -1.73. The van der Waals surface area contributed by atoms with E-state index in [2.05, 4.69) is 10.3 Å². The number of carbonyl (C=O) groups is 1. The van der Waals surface area contributed by atoms with Gasteiger partial charge >= 0.3 is 5.97 Å². The predicted octanol–water partition coefficient (Wildman–Crippen LogP) is 2.27. The molecule has 7 heteroatoms. The molecule has 0 aromatic carbocycles. The molecule has 3 rings (SSSR count). The number of aromatic carboxylic acids is 1. The molecule has 1 fully saturated rings. The number of hydrogen-bond donors (Lipinski definition) is 1. The summed E-state index contributed by atoms with van der Waals surface area (Å²) in [5.74, 6) is -1.04. The number of carboxylic acids is 1. The van der Waals surface area contributed by atoms with Gasteiger partial charge in [0.05, 0.1) is 11.0 Å². The van der Waals surface area contributed by atoms with Crippen molar-refractivity contribution in [1.82, 2.24) is 15.0 Å². The van der Waals surface area contributed by atoms with Gasteiger partial charge in [-0.3, -0.25) is 0 Å². The first-order valence-electron chi connectivity index (χ1n) is 6.58. The largest absolute Gasteiger partial charge is 0.476 e. The van der Waals surface area contributed by atoms with Crippen molar-refractivity contribution in [2.75, 3.05) is 6.61 Å². The molecule has 1 atom stereocenters. The maximum Gasteiger partial charge on any atom is 0.358 e. The van der Waals surface area contributed by atoms with Gasteiger partial charge in [-0.15, -0.1) is 16.4 Å². The molecule has 106 valence electrons. The summed E-state index contributed by atoms with van der Waals surface area (Å²) in [6.45, 7) is 1.44. The lowest BCUT2D eigenvalue weighted by Crippen LogP contribution is -2.12. The fraction of sp³-hybridized carbons (Fsp3) is 0.462. The molecule has 2 aromatic rings. The van der Waals surface area contributed by atoms with Crippen molar-refractivity contribution in [2.45, 2.75) is 31.9 Å². The molecule has 1 N–H and O–H groups in total. The first-order chi connectivity index (χ1) is 9.75. The summed E-state index contributed by atoms with van der Waals surface area (Å²) in [5, 5.41) is 18.9. The van der Waals surface area contributed by atoms with E-state index in [0.29, 0.717) is 12.2 Å². The highest BCUT2D eigenvalue weighted by molar-refractivity contribution is 7.13. The monoisotopic (exact) mass is 293 g/mol. The number of aryl methyl sites for hydroxylation is 1. The maximum atomic E-state index is 11.3. The van der Waals surface area contributed by atoms with E-state index in [0.717, 1.165) is 30.7 Å². The van der Waals surface area contributed by atoms with Gasteiger partial charge in [-0.2, -0.15) is 0 Å². The molecule has 0 saturated carbocycles. The van der Waals surface area contributed by atoms with Crippen LogP contribution >= 0.6 is 11.3 Å². The number of ether oxygens (including phenoxy) is 1. The van der Waals surface area contributed by atoms with Crippen molar-refractivity contribution in [2.24, 2.45) is 0 Å². The van der Waals surface area contributed by atoms with Crippen molar-refractivity contribution in [3.05, 3.63) is 23.2 Å². The van der Waals surface area contributed by atoms with Gasteiger partial charge in [0.1, 0.15) is 5.69 Å². The highest BCUT2D eigenvalue weighted by atomic mass is 32.1. The molecule has 3 heterocycles. The van der Waals surface area contributed by atoms with Gasteiger partial charge in [-0.25, -0.2) is 9.48 Å². The van der Waals surface area contributed by atoms with E-state index in [9.17, 15) is 9.90 Å². The van der Waals surface area contributed by atoms with Crippen LogP contribution in [0.5, 0.6) is 0 Å². The van der Waals surface area contributed by atoms with E-state index in [4.69, 9.17) is 4.74 Å². The first-order valence-corrected chi connectivity index (χ1v) is 7.46. The lowest BCUT2D eigenvalue weighted by atomic mass is 10.2. The minimum Gasteiger partial charge on any atom is -0.476 e. The second-order valence-corrected chi connectivity index (χ2v) is 5.66. The van der Waals surface area contributed by atoms with E-state index in [1.807, 2.05) is 17.5 Å². The van der Waals surface area contributed by atoms with Crippen LogP contribution in [0.2, 0.25) is 0 Å². The molecular formula is C13H15N3O3S.